The molecule has 8 heteroatoms. The van der Waals surface area contributed by atoms with E-state index in [2.05, 4.69) is 15.1 Å². The Bertz CT molecular complexity index is 853. The first kappa shape index (κ1) is 15.3. The summed E-state index contributed by atoms with van der Waals surface area (Å²) in [6.07, 6.45) is -4.65. The first-order valence-corrected chi connectivity index (χ1v) is 6.97. The minimum Gasteiger partial charge on any atom is -0.383 e. The molecule has 0 fully saturated rings. The van der Waals surface area contributed by atoms with E-state index in [9.17, 15) is 13.2 Å². The Morgan fingerprint density at radius 3 is 2.30 bits per heavy atom. The van der Waals surface area contributed by atoms with Crippen molar-refractivity contribution >= 4 is 11.6 Å². The third-order valence-electron chi connectivity index (χ3n) is 3.41. The molecule has 0 aliphatic rings. The first-order chi connectivity index (χ1) is 10.8. The molecule has 0 saturated heterocycles. The second-order valence-electron chi connectivity index (χ2n) is 5.42. The zero-order valence-electron chi connectivity index (χ0n) is 12.5. The minimum atomic E-state index is -4.65. The highest BCUT2D eigenvalue weighted by Crippen LogP contribution is 2.34. The van der Waals surface area contributed by atoms with Gasteiger partial charge in [0.05, 0.1) is 5.69 Å². The third-order valence-corrected chi connectivity index (χ3v) is 3.41. The van der Waals surface area contributed by atoms with Crippen LogP contribution in [0.5, 0.6) is 0 Å². The largest absolute Gasteiger partial charge is 0.453 e. The number of anilines is 1. The minimum absolute atomic E-state index is 0.0384. The molecule has 0 atom stereocenters. The smallest absolute Gasteiger partial charge is 0.383 e. The van der Waals surface area contributed by atoms with E-state index in [0.717, 1.165) is 10.1 Å². The van der Waals surface area contributed by atoms with Crippen molar-refractivity contribution in [3.05, 3.63) is 41.9 Å². The molecule has 0 aliphatic carbocycles. The fourth-order valence-electron chi connectivity index (χ4n) is 2.38. The third kappa shape index (κ3) is 2.60. The van der Waals surface area contributed by atoms with Crippen molar-refractivity contribution in [2.75, 3.05) is 5.73 Å². The number of nitrogens with zero attached hydrogens (tertiary/aromatic N) is 4. The highest BCUT2D eigenvalue weighted by Gasteiger charge is 2.37. The van der Waals surface area contributed by atoms with Crippen LogP contribution in [0, 0.1) is 0 Å². The van der Waals surface area contributed by atoms with Crippen LogP contribution in [-0.2, 0) is 6.18 Å². The predicted molar refractivity (Wildman–Crippen MR) is 79.7 cm³/mol. The van der Waals surface area contributed by atoms with E-state index in [4.69, 9.17) is 5.73 Å². The van der Waals surface area contributed by atoms with Gasteiger partial charge in [0.2, 0.25) is 0 Å². The molecule has 0 radical (unpaired) electrons. The fourth-order valence-corrected chi connectivity index (χ4v) is 2.38. The van der Waals surface area contributed by atoms with Crippen LogP contribution in [0.25, 0.3) is 16.9 Å². The quantitative estimate of drug-likeness (QED) is 0.784. The molecule has 0 saturated carbocycles. The number of nitrogen functional groups attached to an aromatic ring is 1. The van der Waals surface area contributed by atoms with E-state index in [0.29, 0.717) is 11.3 Å². The van der Waals surface area contributed by atoms with Gasteiger partial charge in [-0.15, -0.1) is 5.10 Å². The maximum atomic E-state index is 12.8. The molecule has 2 aromatic heterocycles. The lowest BCUT2D eigenvalue weighted by atomic mass is 9.98. The van der Waals surface area contributed by atoms with Crippen molar-refractivity contribution < 1.29 is 13.2 Å². The Balaban J connectivity index is 2.34. The van der Waals surface area contributed by atoms with Crippen molar-refractivity contribution in [3.8, 4) is 11.1 Å². The molecule has 3 rings (SSSR count). The molecule has 23 heavy (non-hydrogen) atoms. The van der Waals surface area contributed by atoms with Crippen LogP contribution >= 0.6 is 0 Å². The van der Waals surface area contributed by atoms with Crippen LogP contribution in [0.1, 0.15) is 31.3 Å². The zero-order valence-corrected chi connectivity index (χ0v) is 12.5. The van der Waals surface area contributed by atoms with E-state index in [1.165, 1.54) is 0 Å². The van der Waals surface area contributed by atoms with Gasteiger partial charge in [0.15, 0.2) is 0 Å². The summed E-state index contributed by atoms with van der Waals surface area (Å²) in [5.74, 6) is -1.36. The summed E-state index contributed by atoms with van der Waals surface area (Å²) >= 11 is 0. The molecule has 5 nitrogen and oxygen atoms in total. The number of hydrogen-bond donors (Lipinski definition) is 1. The number of halogens is 3. The first-order valence-electron chi connectivity index (χ1n) is 6.97. The van der Waals surface area contributed by atoms with Gasteiger partial charge in [0.1, 0.15) is 5.82 Å². The summed E-state index contributed by atoms with van der Waals surface area (Å²) in [7, 11) is 0. The van der Waals surface area contributed by atoms with E-state index < -0.39 is 12.0 Å². The number of rotatable bonds is 2. The van der Waals surface area contributed by atoms with Gasteiger partial charge in [0.25, 0.3) is 11.6 Å². The maximum Gasteiger partial charge on any atom is 0.453 e. The standard InChI is InChI=1S/C15H14F3N5/c1-8(2)11-10(9-6-4-3-5-7-9)12(19)23-14(20-11)21-13(22-23)15(16,17)18/h3-8H,19H2,1-2H3. The topological polar surface area (TPSA) is 69.1 Å². The Hall–Kier alpha value is -2.64. The van der Waals surface area contributed by atoms with Crippen molar-refractivity contribution in [1.29, 1.82) is 0 Å². The monoisotopic (exact) mass is 321 g/mol. The molecule has 2 heterocycles. The van der Waals surface area contributed by atoms with Crippen LogP contribution < -0.4 is 5.73 Å². The molecule has 0 aliphatic heterocycles. The Morgan fingerprint density at radius 1 is 1.09 bits per heavy atom. The molecule has 0 bridgehead atoms. The van der Waals surface area contributed by atoms with E-state index in [-0.39, 0.29) is 17.5 Å². The molecule has 120 valence electrons. The summed E-state index contributed by atoms with van der Waals surface area (Å²) < 4.78 is 39.4. The van der Waals surface area contributed by atoms with E-state index in [1.54, 1.807) is 0 Å². The molecule has 1 aromatic carbocycles. The van der Waals surface area contributed by atoms with Crippen LogP contribution in [-0.4, -0.2) is 19.6 Å². The highest BCUT2D eigenvalue weighted by molar-refractivity contribution is 5.78. The van der Waals surface area contributed by atoms with Gasteiger partial charge in [-0.05, 0) is 11.5 Å². The van der Waals surface area contributed by atoms with Gasteiger partial charge in [-0.25, -0.2) is 4.98 Å². The van der Waals surface area contributed by atoms with Gasteiger partial charge in [0, 0.05) is 5.56 Å². The fraction of sp³-hybridized carbons (Fsp3) is 0.267. The lowest BCUT2D eigenvalue weighted by Crippen LogP contribution is -2.10. The van der Waals surface area contributed by atoms with Crippen LogP contribution in [0.2, 0.25) is 0 Å². The lowest BCUT2D eigenvalue weighted by molar-refractivity contribution is -0.144. The average molecular weight is 321 g/mol. The molecule has 3 aromatic rings. The Kier molecular flexibility index (Phi) is 3.46. The van der Waals surface area contributed by atoms with Gasteiger partial charge < -0.3 is 5.73 Å². The number of nitrogens with two attached hydrogens (primary N) is 1. The zero-order chi connectivity index (χ0) is 16.8. The normalized spacial score (nSPS) is 12.3. The number of benzene rings is 1. The maximum absolute atomic E-state index is 12.8. The van der Waals surface area contributed by atoms with Gasteiger partial charge >= 0.3 is 6.18 Å². The van der Waals surface area contributed by atoms with Crippen LogP contribution in [0.4, 0.5) is 19.0 Å². The molecular weight excluding hydrogens is 307 g/mol. The summed E-state index contributed by atoms with van der Waals surface area (Å²) in [6.45, 7) is 3.79. The van der Waals surface area contributed by atoms with Crippen LogP contribution in [0.15, 0.2) is 30.3 Å². The van der Waals surface area contributed by atoms with Gasteiger partial charge in [-0.3, -0.25) is 0 Å². The lowest BCUT2D eigenvalue weighted by Gasteiger charge is -2.15. The predicted octanol–water partition coefficient (Wildman–Crippen LogP) is 3.52. The Labute approximate surface area is 130 Å². The number of alkyl halides is 3. The second kappa shape index (κ2) is 5.22. The number of fused-ring (bicyclic) bond motifs is 1. The van der Waals surface area contributed by atoms with E-state index in [1.807, 2.05) is 44.2 Å². The number of aromatic nitrogens is 4. The Morgan fingerprint density at radius 2 is 1.74 bits per heavy atom. The van der Waals surface area contributed by atoms with Crippen molar-refractivity contribution in [1.82, 2.24) is 19.6 Å². The summed E-state index contributed by atoms with van der Waals surface area (Å²) in [5.41, 5.74) is 8.03. The average Bonchev–Trinajstić information content (AvgIpc) is 2.92. The number of hydrogen-bond acceptors (Lipinski definition) is 4. The SMILES string of the molecule is CC(C)c1nc2nc(C(F)(F)F)nn2c(N)c1-c1ccccc1. The summed E-state index contributed by atoms with van der Waals surface area (Å²) in [5, 5.41) is 3.46. The molecule has 2 N–H and O–H groups in total. The molecule has 0 amide bonds. The summed E-state index contributed by atoms with van der Waals surface area (Å²) in [4.78, 5) is 7.71. The second-order valence-corrected chi connectivity index (χ2v) is 5.42. The summed E-state index contributed by atoms with van der Waals surface area (Å²) in [6, 6.07) is 9.15. The molecule has 0 spiro atoms. The van der Waals surface area contributed by atoms with Crippen LogP contribution in [0.3, 0.4) is 0 Å². The highest BCUT2D eigenvalue weighted by atomic mass is 19.4. The van der Waals surface area contributed by atoms with Crippen molar-refractivity contribution in [2.45, 2.75) is 25.9 Å². The van der Waals surface area contributed by atoms with E-state index >= 15 is 0 Å². The molecular formula is C15H14F3N5. The molecule has 0 unspecified atom stereocenters. The van der Waals surface area contributed by atoms with Crippen molar-refractivity contribution in [3.63, 3.8) is 0 Å². The van der Waals surface area contributed by atoms with Gasteiger partial charge in [-0.1, -0.05) is 44.2 Å². The van der Waals surface area contributed by atoms with Gasteiger partial charge in [-0.2, -0.15) is 22.7 Å². The van der Waals surface area contributed by atoms with Crippen molar-refractivity contribution in [2.24, 2.45) is 0 Å².